The molecule has 106 valence electrons. The minimum Gasteiger partial charge on any atom is -0.383 e. The largest absolute Gasteiger partial charge is 0.383 e. The maximum Gasteiger partial charge on any atom is 0.312 e. The number of anilines is 1. The Labute approximate surface area is 112 Å². The van der Waals surface area contributed by atoms with E-state index < -0.39 is 20.6 Å². The van der Waals surface area contributed by atoms with Crippen LogP contribution in [0.2, 0.25) is 0 Å². The summed E-state index contributed by atoms with van der Waals surface area (Å²) in [5.41, 5.74) is -0.263. The topological polar surface area (TPSA) is 92.6 Å². The van der Waals surface area contributed by atoms with E-state index in [-0.39, 0.29) is 16.6 Å². The molecule has 0 atom stereocenters. The van der Waals surface area contributed by atoms with E-state index in [1.54, 1.807) is 13.8 Å². The van der Waals surface area contributed by atoms with Gasteiger partial charge in [0.25, 0.3) is 0 Å². The molecule has 8 heteroatoms. The van der Waals surface area contributed by atoms with E-state index in [0.717, 1.165) is 4.31 Å². The summed E-state index contributed by atoms with van der Waals surface area (Å²) in [6, 6.07) is 3.89. The van der Waals surface area contributed by atoms with Gasteiger partial charge in [-0.1, -0.05) is 6.07 Å². The second kappa shape index (κ2) is 5.54. The van der Waals surface area contributed by atoms with Gasteiger partial charge in [-0.2, -0.15) is 4.31 Å². The summed E-state index contributed by atoms with van der Waals surface area (Å²) in [6.45, 7) is 3.40. The molecule has 1 aromatic rings. The number of benzene rings is 1. The third-order valence-corrected chi connectivity index (χ3v) is 4.90. The quantitative estimate of drug-likeness (QED) is 0.656. The molecule has 0 aliphatic carbocycles. The van der Waals surface area contributed by atoms with Gasteiger partial charge in [0.15, 0.2) is 4.90 Å². The highest BCUT2D eigenvalue weighted by atomic mass is 32.2. The second-order valence-corrected chi connectivity index (χ2v) is 6.24. The summed E-state index contributed by atoms with van der Waals surface area (Å²) in [7, 11) is -0.991. The summed E-state index contributed by atoms with van der Waals surface area (Å²) >= 11 is 0. The van der Waals surface area contributed by atoms with Crippen LogP contribution in [0.15, 0.2) is 23.1 Å². The lowest BCUT2D eigenvalue weighted by atomic mass is 10.3. The zero-order chi connectivity index (χ0) is 14.8. The van der Waals surface area contributed by atoms with E-state index in [9.17, 15) is 18.5 Å². The van der Waals surface area contributed by atoms with E-state index in [1.807, 2.05) is 0 Å². The molecule has 0 heterocycles. The predicted octanol–water partition coefficient (Wildman–Crippen LogP) is 1.67. The van der Waals surface area contributed by atoms with Crippen LogP contribution in [-0.4, -0.2) is 37.8 Å². The maximum absolute atomic E-state index is 12.4. The first-order valence-electron chi connectivity index (χ1n) is 5.66. The highest BCUT2D eigenvalue weighted by molar-refractivity contribution is 7.89. The number of nitro benzene ring substituents is 1. The molecule has 0 aliphatic heterocycles. The molecule has 0 fully saturated rings. The number of para-hydroxylation sites is 1. The first kappa shape index (κ1) is 15.4. The van der Waals surface area contributed by atoms with Crippen LogP contribution in [0.3, 0.4) is 0 Å². The number of nitrogens with one attached hydrogen (secondary N) is 1. The lowest BCUT2D eigenvalue weighted by Crippen LogP contribution is -2.33. The molecular formula is C11H17N3O4S. The molecule has 0 saturated carbocycles. The van der Waals surface area contributed by atoms with Crippen molar-refractivity contribution in [1.29, 1.82) is 0 Å². The Bertz CT molecular complexity index is 584. The van der Waals surface area contributed by atoms with E-state index in [2.05, 4.69) is 5.32 Å². The highest BCUT2D eigenvalue weighted by Crippen LogP contribution is 2.33. The van der Waals surface area contributed by atoms with Crippen LogP contribution in [0.5, 0.6) is 0 Å². The van der Waals surface area contributed by atoms with Crippen molar-refractivity contribution < 1.29 is 13.3 Å². The van der Waals surface area contributed by atoms with E-state index in [4.69, 9.17) is 0 Å². The normalized spacial score (nSPS) is 11.9. The third-order valence-electron chi connectivity index (χ3n) is 2.84. The van der Waals surface area contributed by atoms with Crippen LogP contribution < -0.4 is 5.32 Å². The molecule has 0 bridgehead atoms. The van der Waals surface area contributed by atoms with Gasteiger partial charge in [-0.15, -0.1) is 0 Å². The van der Waals surface area contributed by atoms with Crippen molar-refractivity contribution in [3.8, 4) is 0 Å². The second-order valence-electron chi connectivity index (χ2n) is 4.27. The molecule has 19 heavy (non-hydrogen) atoms. The van der Waals surface area contributed by atoms with E-state index in [1.165, 1.54) is 32.3 Å². The van der Waals surface area contributed by atoms with Gasteiger partial charge in [0, 0.05) is 20.1 Å². The summed E-state index contributed by atoms with van der Waals surface area (Å²) in [4.78, 5) is 10.1. The van der Waals surface area contributed by atoms with Crippen molar-refractivity contribution in [2.75, 3.05) is 19.4 Å². The van der Waals surface area contributed by atoms with Gasteiger partial charge in [-0.25, -0.2) is 8.42 Å². The number of rotatable bonds is 5. The number of nitro groups is 1. The van der Waals surface area contributed by atoms with E-state index >= 15 is 0 Å². The number of hydrogen-bond acceptors (Lipinski definition) is 5. The van der Waals surface area contributed by atoms with Gasteiger partial charge >= 0.3 is 5.69 Å². The van der Waals surface area contributed by atoms with Crippen molar-refractivity contribution >= 4 is 21.4 Å². The van der Waals surface area contributed by atoms with Crippen LogP contribution in [-0.2, 0) is 10.0 Å². The molecule has 1 N–H and O–H groups in total. The Hall–Kier alpha value is -1.67. The molecule has 0 saturated heterocycles. The first-order valence-corrected chi connectivity index (χ1v) is 7.10. The van der Waals surface area contributed by atoms with Gasteiger partial charge in [0.2, 0.25) is 10.0 Å². The fraction of sp³-hybridized carbons (Fsp3) is 0.455. The van der Waals surface area contributed by atoms with Gasteiger partial charge in [0.05, 0.1) is 4.92 Å². The van der Waals surface area contributed by atoms with Crippen molar-refractivity contribution in [3.05, 3.63) is 28.3 Å². The Balaban J connectivity index is 3.56. The molecule has 7 nitrogen and oxygen atoms in total. The van der Waals surface area contributed by atoms with Crippen molar-refractivity contribution in [2.45, 2.75) is 24.8 Å². The summed E-state index contributed by atoms with van der Waals surface area (Å²) in [5.74, 6) is 0. The van der Waals surface area contributed by atoms with Crippen LogP contribution in [0, 0.1) is 10.1 Å². The van der Waals surface area contributed by atoms with Crippen molar-refractivity contribution in [3.63, 3.8) is 0 Å². The van der Waals surface area contributed by atoms with E-state index in [0.29, 0.717) is 0 Å². The average molecular weight is 287 g/mol. The van der Waals surface area contributed by atoms with Gasteiger partial charge in [-0.05, 0) is 26.0 Å². The maximum atomic E-state index is 12.4. The van der Waals surface area contributed by atoms with Gasteiger partial charge in [-0.3, -0.25) is 10.1 Å². The molecule has 1 rings (SSSR count). The Morgan fingerprint density at radius 3 is 2.37 bits per heavy atom. The molecular weight excluding hydrogens is 270 g/mol. The molecule has 0 spiro atoms. The molecule has 0 radical (unpaired) electrons. The summed E-state index contributed by atoms with van der Waals surface area (Å²) < 4.78 is 25.8. The Morgan fingerprint density at radius 2 is 1.95 bits per heavy atom. The smallest absolute Gasteiger partial charge is 0.312 e. The molecule has 0 amide bonds. The average Bonchev–Trinajstić information content (AvgIpc) is 2.36. The van der Waals surface area contributed by atoms with Gasteiger partial charge in [0.1, 0.15) is 5.69 Å². The highest BCUT2D eigenvalue weighted by Gasteiger charge is 2.32. The number of sulfonamides is 1. The van der Waals surface area contributed by atoms with Gasteiger partial charge < -0.3 is 5.32 Å². The van der Waals surface area contributed by atoms with Crippen LogP contribution >= 0.6 is 0 Å². The lowest BCUT2D eigenvalue weighted by Gasteiger charge is -2.21. The minimum atomic E-state index is -3.89. The summed E-state index contributed by atoms with van der Waals surface area (Å²) in [6.07, 6.45) is 0. The molecule has 0 aliphatic rings. The Kier molecular flexibility index (Phi) is 4.48. The molecule has 0 aromatic heterocycles. The molecule has 0 unspecified atom stereocenters. The fourth-order valence-electron chi connectivity index (χ4n) is 1.55. The van der Waals surface area contributed by atoms with Crippen molar-refractivity contribution in [2.24, 2.45) is 0 Å². The van der Waals surface area contributed by atoms with Crippen LogP contribution in [0.1, 0.15) is 13.8 Å². The number of hydrogen-bond donors (Lipinski definition) is 1. The summed E-state index contributed by atoms with van der Waals surface area (Å²) in [5, 5.41) is 13.8. The molecule has 1 aromatic carbocycles. The van der Waals surface area contributed by atoms with Crippen LogP contribution in [0.4, 0.5) is 11.4 Å². The predicted molar refractivity (Wildman–Crippen MR) is 72.7 cm³/mol. The Morgan fingerprint density at radius 1 is 1.37 bits per heavy atom. The fourth-order valence-corrected chi connectivity index (χ4v) is 3.10. The zero-order valence-electron chi connectivity index (χ0n) is 11.2. The van der Waals surface area contributed by atoms with Crippen LogP contribution in [0.25, 0.3) is 0 Å². The lowest BCUT2D eigenvalue weighted by molar-refractivity contribution is -0.386. The third kappa shape index (κ3) is 2.85. The number of nitrogens with zero attached hydrogens (tertiary/aromatic N) is 2. The SMILES string of the molecule is CNc1cccc(S(=O)(=O)N(C)C(C)C)c1[N+](=O)[O-]. The van der Waals surface area contributed by atoms with Crippen molar-refractivity contribution in [1.82, 2.24) is 4.31 Å². The zero-order valence-corrected chi connectivity index (χ0v) is 12.1. The first-order chi connectivity index (χ1) is 8.73. The monoisotopic (exact) mass is 287 g/mol. The standard InChI is InChI=1S/C11H17N3O4S/c1-8(2)13(4)19(17,18)10-7-5-6-9(12-3)11(10)14(15)16/h5-8,12H,1-4H3. The minimum absolute atomic E-state index is 0.170.